The summed E-state index contributed by atoms with van der Waals surface area (Å²) in [6.07, 6.45) is 0.806. The van der Waals surface area contributed by atoms with E-state index in [1.165, 1.54) is 23.9 Å². The van der Waals surface area contributed by atoms with E-state index < -0.39 is 17.2 Å². The number of thioether (sulfide) groups is 1. The van der Waals surface area contributed by atoms with Gasteiger partial charge < -0.3 is 10.5 Å². The zero-order valence-electron chi connectivity index (χ0n) is 10.2. The molecular weight excluding hydrogens is 270 g/mol. The molecule has 2 atom stereocenters. The van der Waals surface area contributed by atoms with Crippen LogP contribution in [0, 0.1) is 17.6 Å². The minimum Gasteiger partial charge on any atom is -0.379 e. The Morgan fingerprint density at radius 1 is 1.42 bits per heavy atom. The summed E-state index contributed by atoms with van der Waals surface area (Å²) in [5.41, 5.74) is 5.38. The van der Waals surface area contributed by atoms with Gasteiger partial charge in [-0.15, -0.1) is 0 Å². The highest BCUT2D eigenvalue weighted by Gasteiger charge is 2.47. The Labute approximate surface area is 114 Å². The van der Waals surface area contributed by atoms with Crippen molar-refractivity contribution < 1.29 is 13.5 Å². The van der Waals surface area contributed by atoms with Crippen molar-refractivity contribution in [2.75, 3.05) is 19.0 Å². The molecule has 0 bridgehead atoms. The van der Waals surface area contributed by atoms with Gasteiger partial charge >= 0.3 is 0 Å². The molecule has 6 heteroatoms. The number of aliphatic imine (C=N–C) groups is 1. The van der Waals surface area contributed by atoms with Gasteiger partial charge in [-0.25, -0.2) is 13.8 Å². The second kappa shape index (κ2) is 4.76. The quantitative estimate of drug-likeness (QED) is 0.860. The van der Waals surface area contributed by atoms with Gasteiger partial charge in [-0.05, 0) is 12.5 Å². The molecule has 0 radical (unpaired) electrons. The molecule has 1 aromatic carbocycles. The van der Waals surface area contributed by atoms with Crippen LogP contribution in [0.5, 0.6) is 0 Å². The van der Waals surface area contributed by atoms with Crippen molar-refractivity contribution in [2.24, 2.45) is 16.6 Å². The van der Waals surface area contributed by atoms with Gasteiger partial charge in [0.1, 0.15) is 17.2 Å². The SMILES string of the molecule is NC1=N[C@@]2(c3ccc(F)cc3F)COCCC2CS1. The van der Waals surface area contributed by atoms with Gasteiger partial charge in [0.25, 0.3) is 0 Å². The van der Waals surface area contributed by atoms with Crippen LogP contribution in [0.15, 0.2) is 23.2 Å². The maximum Gasteiger partial charge on any atom is 0.154 e. The fourth-order valence-corrected chi connectivity index (χ4v) is 3.81. The summed E-state index contributed by atoms with van der Waals surface area (Å²) in [7, 11) is 0. The third kappa shape index (κ3) is 2.12. The number of nitrogens with zero attached hydrogens (tertiary/aromatic N) is 1. The third-order valence-electron chi connectivity index (χ3n) is 3.75. The Balaban J connectivity index is 2.13. The maximum absolute atomic E-state index is 14.1. The van der Waals surface area contributed by atoms with Crippen molar-refractivity contribution in [3.05, 3.63) is 35.4 Å². The number of hydrogen-bond acceptors (Lipinski definition) is 4. The molecular formula is C13H14F2N2OS. The lowest BCUT2D eigenvalue weighted by Crippen LogP contribution is -2.48. The van der Waals surface area contributed by atoms with Gasteiger partial charge in [0.05, 0.1) is 6.61 Å². The van der Waals surface area contributed by atoms with Crippen LogP contribution in [0.1, 0.15) is 12.0 Å². The van der Waals surface area contributed by atoms with Gasteiger partial charge in [-0.1, -0.05) is 17.8 Å². The second-order valence-electron chi connectivity index (χ2n) is 4.85. The first-order valence-corrected chi connectivity index (χ1v) is 7.12. The van der Waals surface area contributed by atoms with Crippen molar-refractivity contribution in [1.29, 1.82) is 0 Å². The van der Waals surface area contributed by atoms with E-state index in [0.29, 0.717) is 23.9 Å². The van der Waals surface area contributed by atoms with E-state index in [1.54, 1.807) is 0 Å². The van der Waals surface area contributed by atoms with Crippen LogP contribution in [0.4, 0.5) is 8.78 Å². The van der Waals surface area contributed by atoms with Crippen LogP contribution in [0.2, 0.25) is 0 Å². The molecule has 2 N–H and O–H groups in total. The van der Waals surface area contributed by atoms with Crippen LogP contribution in [0.3, 0.4) is 0 Å². The third-order valence-corrected chi connectivity index (χ3v) is 4.70. The monoisotopic (exact) mass is 284 g/mol. The van der Waals surface area contributed by atoms with Crippen LogP contribution in [-0.4, -0.2) is 24.1 Å². The van der Waals surface area contributed by atoms with Crippen molar-refractivity contribution in [3.63, 3.8) is 0 Å². The molecule has 1 fully saturated rings. The fourth-order valence-electron chi connectivity index (χ4n) is 2.77. The minimum atomic E-state index is -0.800. The van der Waals surface area contributed by atoms with Crippen LogP contribution >= 0.6 is 11.8 Å². The molecule has 1 unspecified atom stereocenters. The molecule has 0 aliphatic carbocycles. The molecule has 2 heterocycles. The molecule has 2 aliphatic rings. The Kier molecular flexibility index (Phi) is 3.22. The average Bonchev–Trinajstić information content (AvgIpc) is 2.38. The first-order valence-electron chi connectivity index (χ1n) is 6.13. The van der Waals surface area contributed by atoms with Gasteiger partial charge in [0.15, 0.2) is 5.17 Å². The number of rotatable bonds is 1. The van der Waals surface area contributed by atoms with Crippen molar-refractivity contribution >= 4 is 16.9 Å². The Morgan fingerprint density at radius 3 is 3.05 bits per heavy atom. The van der Waals surface area contributed by atoms with Crippen LogP contribution in [0.25, 0.3) is 0 Å². The number of hydrogen-bond donors (Lipinski definition) is 1. The first kappa shape index (κ1) is 12.9. The van der Waals surface area contributed by atoms with E-state index in [4.69, 9.17) is 10.5 Å². The van der Waals surface area contributed by atoms with E-state index in [9.17, 15) is 8.78 Å². The van der Waals surface area contributed by atoms with E-state index in [2.05, 4.69) is 4.99 Å². The van der Waals surface area contributed by atoms with E-state index >= 15 is 0 Å². The van der Waals surface area contributed by atoms with Gasteiger partial charge in [-0.2, -0.15) is 0 Å². The molecule has 3 rings (SSSR count). The number of fused-ring (bicyclic) bond motifs is 1. The molecule has 3 nitrogen and oxygen atoms in total. The number of nitrogens with two attached hydrogens (primary N) is 1. The lowest BCUT2D eigenvalue weighted by atomic mass is 9.76. The number of ether oxygens (including phenoxy) is 1. The largest absolute Gasteiger partial charge is 0.379 e. The van der Waals surface area contributed by atoms with Crippen LogP contribution in [-0.2, 0) is 10.3 Å². The zero-order valence-corrected chi connectivity index (χ0v) is 11.1. The molecule has 0 amide bonds. The summed E-state index contributed by atoms with van der Waals surface area (Å²) in [6, 6.07) is 3.61. The fraction of sp³-hybridized carbons (Fsp3) is 0.462. The molecule has 19 heavy (non-hydrogen) atoms. The first-order chi connectivity index (χ1) is 9.12. The van der Waals surface area contributed by atoms with Crippen molar-refractivity contribution in [2.45, 2.75) is 12.0 Å². The predicted molar refractivity (Wildman–Crippen MR) is 71.0 cm³/mol. The Morgan fingerprint density at radius 2 is 2.26 bits per heavy atom. The number of benzene rings is 1. The zero-order chi connectivity index (χ0) is 13.5. The van der Waals surface area contributed by atoms with Crippen molar-refractivity contribution in [3.8, 4) is 0 Å². The summed E-state index contributed by atoms with van der Waals surface area (Å²) >= 11 is 1.48. The van der Waals surface area contributed by atoms with E-state index in [-0.39, 0.29) is 5.92 Å². The average molecular weight is 284 g/mol. The van der Waals surface area contributed by atoms with Gasteiger partial charge in [0, 0.05) is 29.9 Å². The molecule has 0 saturated carbocycles. The molecule has 1 aromatic rings. The second-order valence-corrected chi connectivity index (χ2v) is 5.89. The molecule has 2 aliphatic heterocycles. The van der Waals surface area contributed by atoms with Gasteiger partial charge in [-0.3, -0.25) is 0 Å². The summed E-state index contributed by atoms with van der Waals surface area (Å²) in [4.78, 5) is 4.47. The van der Waals surface area contributed by atoms with E-state index in [0.717, 1.165) is 18.2 Å². The predicted octanol–water partition coefficient (Wildman–Crippen LogP) is 2.26. The molecule has 102 valence electrons. The summed E-state index contributed by atoms with van der Waals surface area (Å²) < 4.78 is 32.7. The number of halogens is 2. The topological polar surface area (TPSA) is 47.6 Å². The Bertz CT molecular complexity index is 537. The van der Waals surface area contributed by atoms with Crippen molar-refractivity contribution in [1.82, 2.24) is 0 Å². The molecule has 1 saturated heterocycles. The lowest BCUT2D eigenvalue weighted by molar-refractivity contribution is 0.00297. The van der Waals surface area contributed by atoms with Crippen LogP contribution < -0.4 is 5.73 Å². The maximum atomic E-state index is 14.1. The van der Waals surface area contributed by atoms with E-state index in [1.807, 2.05) is 0 Å². The van der Waals surface area contributed by atoms with Gasteiger partial charge in [0.2, 0.25) is 0 Å². The molecule has 0 spiro atoms. The lowest BCUT2D eigenvalue weighted by Gasteiger charge is -2.43. The Hall–Kier alpha value is -1.14. The molecule has 0 aromatic heterocycles. The summed E-state index contributed by atoms with van der Waals surface area (Å²) in [5, 5.41) is 0.436. The summed E-state index contributed by atoms with van der Waals surface area (Å²) in [5.74, 6) is -0.222. The minimum absolute atomic E-state index is 0.165. The normalized spacial score (nSPS) is 30.6. The standard InChI is InChI=1S/C13H14F2N2OS/c14-9-1-2-10(11(15)5-9)13-7-18-4-3-8(13)6-19-12(16)17-13/h1-2,5,8H,3-4,6-7H2,(H2,16,17)/t8?,13-/m0/s1. The highest BCUT2D eigenvalue weighted by Crippen LogP contribution is 2.45. The highest BCUT2D eigenvalue weighted by molar-refractivity contribution is 8.13. The smallest absolute Gasteiger partial charge is 0.154 e. The summed E-state index contributed by atoms with van der Waals surface area (Å²) in [6.45, 7) is 0.937. The highest BCUT2D eigenvalue weighted by atomic mass is 32.2. The number of amidine groups is 1.